The first-order valence-corrected chi connectivity index (χ1v) is 7.03. The lowest BCUT2D eigenvalue weighted by molar-refractivity contribution is -0.223. The van der Waals surface area contributed by atoms with Crippen molar-refractivity contribution in [3.63, 3.8) is 0 Å². The summed E-state index contributed by atoms with van der Waals surface area (Å²) < 4.78 is 16.4. The van der Waals surface area contributed by atoms with Gasteiger partial charge in [0.2, 0.25) is 0 Å². The Morgan fingerprint density at radius 1 is 1.21 bits per heavy atom. The summed E-state index contributed by atoms with van der Waals surface area (Å²) in [4.78, 5) is 12.0. The molecular formula is C14H24O5. The van der Waals surface area contributed by atoms with Gasteiger partial charge in [-0.1, -0.05) is 0 Å². The maximum atomic E-state index is 12.0. The van der Waals surface area contributed by atoms with Gasteiger partial charge in [0.25, 0.3) is 0 Å². The minimum absolute atomic E-state index is 0.328. The summed E-state index contributed by atoms with van der Waals surface area (Å²) in [5.41, 5.74) is -1.97. The highest BCUT2D eigenvalue weighted by molar-refractivity contribution is 5.77. The van der Waals surface area contributed by atoms with Crippen molar-refractivity contribution in [2.24, 2.45) is 5.41 Å². The molecule has 0 bridgehead atoms. The summed E-state index contributed by atoms with van der Waals surface area (Å²) in [6.07, 6.45) is 2.20. The van der Waals surface area contributed by atoms with Crippen LogP contribution in [0.25, 0.3) is 0 Å². The highest BCUT2D eigenvalue weighted by Gasteiger charge is 2.55. The number of carbonyl (C=O) groups excluding carboxylic acids is 1. The molecule has 1 heterocycles. The summed E-state index contributed by atoms with van der Waals surface area (Å²) in [5, 5.41) is 10.8. The first kappa shape index (κ1) is 14.8. The van der Waals surface area contributed by atoms with E-state index in [4.69, 9.17) is 14.2 Å². The van der Waals surface area contributed by atoms with E-state index >= 15 is 0 Å². The molecule has 0 atom stereocenters. The molecule has 0 unspecified atom stereocenters. The second-order valence-electron chi connectivity index (χ2n) is 5.98. The molecular weight excluding hydrogens is 248 g/mol. The standard InChI is InChI=1S/C14H24O5/c1-4-17-11(15)12(2,3)13(16)5-7-14(8-6-13)18-9-10-19-14/h16H,4-10H2,1-3H3. The maximum Gasteiger partial charge on any atom is 0.314 e. The zero-order valence-electron chi connectivity index (χ0n) is 12.0. The number of ether oxygens (including phenoxy) is 3. The summed E-state index contributed by atoms with van der Waals surface area (Å²) in [6, 6.07) is 0. The fraction of sp³-hybridized carbons (Fsp3) is 0.929. The fourth-order valence-electron chi connectivity index (χ4n) is 2.96. The molecule has 5 nitrogen and oxygen atoms in total. The molecule has 2 aliphatic rings. The van der Waals surface area contributed by atoms with Gasteiger partial charge in [0.05, 0.1) is 30.8 Å². The second kappa shape index (κ2) is 5.04. The first-order chi connectivity index (χ1) is 8.85. The second-order valence-corrected chi connectivity index (χ2v) is 5.98. The predicted octanol–water partition coefficient (Wildman–Crippen LogP) is 1.62. The van der Waals surface area contributed by atoms with Gasteiger partial charge in [-0.25, -0.2) is 0 Å². The summed E-state index contributed by atoms with van der Waals surface area (Å²) in [6.45, 7) is 6.82. The molecule has 2 rings (SSSR count). The fourth-order valence-corrected chi connectivity index (χ4v) is 2.96. The molecule has 0 amide bonds. The van der Waals surface area contributed by atoms with Crippen LogP contribution < -0.4 is 0 Å². The van der Waals surface area contributed by atoms with E-state index in [1.807, 2.05) is 0 Å². The number of aliphatic hydroxyl groups is 1. The highest BCUT2D eigenvalue weighted by Crippen LogP contribution is 2.48. The van der Waals surface area contributed by atoms with Crippen LogP contribution in [0.3, 0.4) is 0 Å². The van der Waals surface area contributed by atoms with Gasteiger partial charge in [-0.3, -0.25) is 4.79 Å². The average Bonchev–Trinajstić information content (AvgIpc) is 2.82. The number of rotatable bonds is 3. The van der Waals surface area contributed by atoms with E-state index in [-0.39, 0.29) is 5.97 Å². The first-order valence-electron chi connectivity index (χ1n) is 7.03. The Labute approximate surface area is 114 Å². The molecule has 1 N–H and O–H groups in total. The Morgan fingerprint density at radius 3 is 2.21 bits per heavy atom. The lowest BCUT2D eigenvalue weighted by Crippen LogP contribution is -2.55. The van der Waals surface area contributed by atoms with Crippen molar-refractivity contribution in [3.05, 3.63) is 0 Å². The van der Waals surface area contributed by atoms with Crippen molar-refractivity contribution in [1.82, 2.24) is 0 Å². The lowest BCUT2D eigenvalue weighted by atomic mass is 9.66. The topological polar surface area (TPSA) is 65.0 Å². The van der Waals surface area contributed by atoms with Gasteiger partial charge in [0.1, 0.15) is 0 Å². The Kier molecular flexibility index (Phi) is 3.91. The minimum atomic E-state index is -1.06. The van der Waals surface area contributed by atoms with Crippen LogP contribution in [0.4, 0.5) is 0 Å². The summed E-state index contributed by atoms with van der Waals surface area (Å²) in [7, 11) is 0. The van der Waals surface area contributed by atoms with E-state index in [0.717, 1.165) is 0 Å². The van der Waals surface area contributed by atoms with Crippen molar-refractivity contribution >= 4 is 5.97 Å². The van der Waals surface area contributed by atoms with Crippen LogP contribution in [0, 0.1) is 5.41 Å². The van der Waals surface area contributed by atoms with Crippen LogP contribution in [0.15, 0.2) is 0 Å². The average molecular weight is 272 g/mol. The third-order valence-corrected chi connectivity index (χ3v) is 4.60. The number of esters is 1. The Bertz CT molecular complexity index is 334. The molecule has 0 aromatic rings. The largest absolute Gasteiger partial charge is 0.465 e. The Morgan fingerprint density at radius 2 is 1.74 bits per heavy atom. The molecule has 1 saturated heterocycles. The molecule has 1 aliphatic heterocycles. The Hall–Kier alpha value is -0.650. The molecule has 1 spiro atoms. The number of hydrogen-bond acceptors (Lipinski definition) is 5. The normalized spacial score (nSPS) is 25.5. The van der Waals surface area contributed by atoms with Crippen molar-refractivity contribution in [3.8, 4) is 0 Å². The highest BCUT2D eigenvalue weighted by atomic mass is 16.7. The molecule has 5 heteroatoms. The van der Waals surface area contributed by atoms with Gasteiger partial charge in [-0.05, 0) is 33.6 Å². The summed E-state index contributed by atoms with van der Waals surface area (Å²) in [5.74, 6) is -0.876. The van der Waals surface area contributed by atoms with Crippen molar-refractivity contribution < 1.29 is 24.1 Å². The monoisotopic (exact) mass is 272 g/mol. The van der Waals surface area contributed by atoms with Gasteiger partial charge in [0.15, 0.2) is 5.79 Å². The van der Waals surface area contributed by atoms with Gasteiger partial charge in [-0.15, -0.1) is 0 Å². The summed E-state index contributed by atoms with van der Waals surface area (Å²) >= 11 is 0. The zero-order valence-corrected chi connectivity index (χ0v) is 12.0. The van der Waals surface area contributed by atoms with Crippen LogP contribution in [0.2, 0.25) is 0 Å². The molecule has 0 radical (unpaired) electrons. The van der Waals surface area contributed by atoms with Crippen LogP contribution in [0.5, 0.6) is 0 Å². The molecule has 0 aromatic heterocycles. The van der Waals surface area contributed by atoms with Crippen LogP contribution in [-0.2, 0) is 19.0 Å². The van der Waals surface area contributed by atoms with Gasteiger partial charge < -0.3 is 19.3 Å². The molecule has 1 saturated carbocycles. The molecule has 1 aliphatic carbocycles. The lowest BCUT2D eigenvalue weighted by Gasteiger charge is -2.47. The molecule has 110 valence electrons. The van der Waals surface area contributed by atoms with Gasteiger partial charge in [0, 0.05) is 12.8 Å². The SMILES string of the molecule is CCOC(=O)C(C)(C)C1(O)CCC2(CC1)OCCO2. The molecule has 0 aromatic carbocycles. The molecule has 19 heavy (non-hydrogen) atoms. The van der Waals surface area contributed by atoms with Gasteiger partial charge >= 0.3 is 5.97 Å². The van der Waals surface area contributed by atoms with Crippen molar-refractivity contribution in [1.29, 1.82) is 0 Å². The van der Waals surface area contributed by atoms with E-state index in [1.165, 1.54) is 0 Å². The van der Waals surface area contributed by atoms with Gasteiger partial charge in [-0.2, -0.15) is 0 Å². The van der Waals surface area contributed by atoms with E-state index < -0.39 is 16.8 Å². The zero-order chi connectivity index (χ0) is 14.1. The smallest absolute Gasteiger partial charge is 0.314 e. The van der Waals surface area contributed by atoms with Crippen LogP contribution >= 0.6 is 0 Å². The van der Waals surface area contributed by atoms with E-state index in [9.17, 15) is 9.90 Å². The van der Waals surface area contributed by atoms with E-state index in [0.29, 0.717) is 45.5 Å². The van der Waals surface area contributed by atoms with Crippen molar-refractivity contribution in [2.75, 3.05) is 19.8 Å². The van der Waals surface area contributed by atoms with E-state index in [1.54, 1.807) is 20.8 Å². The quantitative estimate of drug-likeness (QED) is 0.791. The number of carbonyl (C=O) groups is 1. The third kappa shape index (κ3) is 2.51. The molecule has 2 fully saturated rings. The predicted molar refractivity (Wildman–Crippen MR) is 68.5 cm³/mol. The maximum absolute atomic E-state index is 12.0. The Balaban J connectivity index is 2.06. The van der Waals surface area contributed by atoms with Crippen LogP contribution in [0.1, 0.15) is 46.5 Å². The third-order valence-electron chi connectivity index (χ3n) is 4.60. The van der Waals surface area contributed by atoms with E-state index in [2.05, 4.69) is 0 Å². The van der Waals surface area contributed by atoms with Crippen molar-refractivity contribution in [2.45, 2.75) is 57.8 Å². The van der Waals surface area contributed by atoms with Crippen LogP contribution in [-0.4, -0.2) is 42.3 Å². The number of hydrogen-bond donors (Lipinski definition) is 1. The minimum Gasteiger partial charge on any atom is -0.465 e.